The number of aliphatic hydroxyl groups excluding tert-OH is 1. The van der Waals surface area contributed by atoms with Crippen LogP contribution in [0.1, 0.15) is 38.9 Å². The van der Waals surface area contributed by atoms with Gasteiger partial charge in [0.05, 0.1) is 0 Å². The first-order chi connectivity index (χ1) is 7.54. The van der Waals surface area contributed by atoms with Gasteiger partial charge >= 0.3 is 0 Å². The molecule has 1 atom stereocenters. The van der Waals surface area contributed by atoms with Gasteiger partial charge in [0, 0.05) is 16.6 Å². The molecular weight excluding hydrogens is 220 g/mol. The molecule has 0 aliphatic heterocycles. The van der Waals surface area contributed by atoms with E-state index in [-0.39, 0.29) is 5.78 Å². The Kier molecular flexibility index (Phi) is 5.03. The van der Waals surface area contributed by atoms with Crippen molar-refractivity contribution >= 4 is 17.5 Å². The number of thioether (sulfide) groups is 1. The molecule has 0 aromatic heterocycles. The fourth-order valence-corrected chi connectivity index (χ4v) is 2.22. The number of benzene rings is 1. The van der Waals surface area contributed by atoms with Crippen LogP contribution in [0, 0.1) is 0 Å². The van der Waals surface area contributed by atoms with Crippen LogP contribution >= 0.6 is 11.8 Å². The Hall–Kier alpha value is -0.800. The van der Waals surface area contributed by atoms with Gasteiger partial charge in [-0.05, 0) is 17.7 Å². The molecule has 0 spiro atoms. The van der Waals surface area contributed by atoms with E-state index in [1.807, 2.05) is 24.3 Å². The average molecular weight is 238 g/mol. The molecule has 88 valence electrons. The van der Waals surface area contributed by atoms with Crippen molar-refractivity contribution < 1.29 is 9.90 Å². The molecule has 0 aliphatic rings. The summed E-state index contributed by atoms with van der Waals surface area (Å²) in [6.45, 7) is 6.02. The van der Waals surface area contributed by atoms with Gasteiger partial charge in [0.25, 0.3) is 0 Å². The summed E-state index contributed by atoms with van der Waals surface area (Å²) in [6.07, 6.45) is -0.605. The maximum atomic E-state index is 11.3. The van der Waals surface area contributed by atoms with E-state index in [9.17, 15) is 9.90 Å². The maximum absolute atomic E-state index is 11.3. The van der Waals surface area contributed by atoms with E-state index in [4.69, 9.17) is 0 Å². The molecule has 0 saturated heterocycles. The van der Waals surface area contributed by atoms with Gasteiger partial charge in [-0.1, -0.05) is 32.9 Å². The molecule has 1 aromatic carbocycles. The molecule has 0 saturated carbocycles. The van der Waals surface area contributed by atoms with Gasteiger partial charge in [0.1, 0.15) is 6.10 Å². The van der Waals surface area contributed by atoms with E-state index in [2.05, 4.69) is 13.8 Å². The van der Waals surface area contributed by atoms with E-state index in [1.165, 1.54) is 0 Å². The molecule has 0 amide bonds. The second-order valence-electron chi connectivity index (χ2n) is 3.96. The van der Waals surface area contributed by atoms with Crippen LogP contribution < -0.4 is 0 Å². The number of carbonyl (C=O) groups excluding carboxylic acids is 1. The van der Waals surface area contributed by atoms with Crippen LogP contribution in [-0.2, 0) is 4.79 Å². The monoisotopic (exact) mass is 238 g/mol. The zero-order valence-corrected chi connectivity index (χ0v) is 10.8. The first-order valence-corrected chi connectivity index (χ1v) is 6.40. The molecule has 1 N–H and O–H groups in total. The van der Waals surface area contributed by atoms with Crippen molar-refractivity contribution in [2.75, 3.05) is 0 Å². The maximum Gasteiger partial charge on any atom is 0.165 e. The lowest BCUT2D eigenvalue weighted by molar-refractivity contribution is -0.127. The lowest BCUT2D eigenvalue weighted by Crippen LogP contribution is -2.10. The molecule has 0 fully saturated rings. The minimum atomic E-state index is -0.969. The summed E-state index contributed by atoms with van der Waals surface area (Å²) in [5, 5.41) is 10.2. The predicted molar refractivity (Wildman–Crippen MR) is 67.7 cm³/mol. The predicted octanol–water partition coefficient (Wildman–Crippen LogP) is 3.20. The molecule has 2 nitrogen and oxygen atoms in total. The second kappa shape index (κ2) is 6.06. The molecular formula is C13H18O2S. The van der Waals surface area contributed by atoms with Crippen LogP contribution in [0.2, 0.25) is 0 Å². The summed E-state index contributed by atoms with van der Waals surface area (Å²) in [6, 6.07) is 7.55. The second-order valence-corrected chi connectivity index (χ2v) is 5.61. The van der Waals surface area contributed by atoms with Crippen LogP contribution in [-0.4, -0.2) is 16.1 Å². The lowest BCUT2D eigenvalue weighted by atomic mass is 10.0. The molecule has 1 aromatic rings. The zero-order valence-electron chi connectivity index (χ0n) is 9.93. The van der Waals surface area contributed by atoms with Crippen LogP contribution in [0.4, 0.5) is 0 Å². The Morgan fingerprint density at radius 3 is 2.31 bits per heavy atom. The third-order valence-corrected chi connectivity index (χ3v) is 3.24. The van der Waals surface area contributed by atoms with Crippen LogP contribution in [0.3, 0.4) is 0 Å². The van der Waals surface area contributed by atoms with Crippen molar-refractivity contribution in [1.29, 1.82) is 0 Å². The fraction of sp³-hybridized carbons (Fsp3) is 0.462. The van der Waals surface area contributed by atoms with Crippen LogP contribution in [0.15, 0.2) is 29.2 Å². The van der Waals surface area contributed by atoms with Crippen LogP contribution in [0.5, 0.6) is 0 Å². The number of rotatable bonds is 5. The van der Waals surface area contributed by atoms with Crippen molar-refractivity contribution in [1.82, 2.24) is 0 Å². The molecule has 1 rings (SSSR count). The van der Waals surface area contributed by atoms with E-state index in [0.29, 0.717) is 17.2 Å². The quantitative estimate of drug-likeness (QED) is 0.800. The summed E-state index contributed by atoms with van der Waals surface area (Å²) in [5.41, 5.74) is 0.681. The Bertz CT molecular complexity index is 343. The highest BCUT2D eigenvalue weighted by Crippen LogP contribution is 2.25. The van der Waals surface area contributed by atoms with Crippen molar-refractivity contribution in [2.24, 2.45) is 0 Å². The minimum Gasteiger partial charge on any atom is -0.381 e. The first kappa shape index (κ1) is 13.3. The standard InChI is InChI=1S/C13H18O2S/c1-4-12(14)13(15)10-5-7-11(8-6-10)16-9(2)3/h5-9,13,15H,4H2,1-3H3. The normalized spacial score (nSPS) is 12.8. The van der Waals surface area contributed by atoms with Crippen molar-refractivity contribution in [3.8, 4) is 0 Å². The van der Waals surface area contributed by atoms with Gasteiger partial charge in [-0.2, -0.15) is 0 Å². The summed E-state index contributed by atoms with van der Waals surface area (Å²) in [7, 11) is 0. The molecule has 0 bridgehead atoms. The van der Waals surface area contributed by atoms with Gasteiger partial charge in [-0.15, -0.1) is 11.8 Å². The minimum absolute atomic E-state index is 0.135. The summed E-state index contributed by atoms with van der Waals surface area (Å²) in [5.74, 6) is -0.135. The Morgan fingerprint density at radius 2 is 1.88 bits per heavy atom. The summed E-state index contributed by atoms with van der Waals surface area (Å²) >= 11 is 1.77. The largest absolute Gasteiger partial charge is 0.381 e. The Balaban J connectivity index is 2.74. The van der Waals surface area contributed by atoms with E-state index < -0.39 is 6.10 Å². The molecule has 16 heavy (non-hydrogen) atoms. The molecule has 0 aliphatic carbocycles. The number of aliphatic hydroxyl groups is 1. The molecule has 3 heteroatoms. The SMILES string of the molecule is CCC(=O)C(O)c1ccc(SC(C)C)cc1. The Labute approximate surface area is 101 Å². The molecule has 0 heterocycles. The van der Waals surface area contributed by atoms with Gasteiger partial charge < -0.3 is 5.11 Å². The average Bonchev–Trinajstić information content (AvgIpc) is 2.27. The number of Topliss-reactive ketones (excluding diaryl/α,β-unsaturated/α-hetero) is 1. The summed E-state index contributed by atoms with van der Waals surface area (Å²) in [4.78, 5) is 12.5. The van der Waals surface area contributed by atoms with Gasteiger partial charge in [0.15, 0.2) is 5.78 Å². The number of ketones is 1. The van der Waals surface area contributed by atoms with E-state index in [0.717, 1.165) is 4.90 Å². The fourth-order valence-electron chi connectivity index (χ4n) is 1.38. The van der Waals surface area contributed by atoms with Gasteiger partial charge in [-0.25, -0.2) is 0 Å². The third-order valence-electron chi connectivity index (χ3n) is 2.22. The summed E-state index contributed by atoms with van der Waals surface area (Å²) < 4.78 is 0. The smallest absolute Gasteiger partial charge is 0.165 e. The third kappa shape index (κ3) is 3.65. The molecule has 0 radical (unpaired) electrons. The number of carbonyl (C=O) groups is 1. The lowest BCUT2D eigenvalue weighted by Gasteiger charge is -2.10. The highest BCUT2D eigenvalue weighted by molar-refractivity contribution is 7.99. The van der Waals surface area contributed by atoms with Crippen molar-refractivity contribution in [3.63, 3.8) is 0 Å². The van der Waals surface area contributed by atoms with Gasteiger partial charge in [0.2, 0.25) is 0 Å². The van der Waals surface area contributed by atoms with E-state index >= 15 is 0 Å². The van der Waals surface area contributed by atoms with E-state index in [1.54, 1.807) is 18.7 Å². The number of hydrogen-bond donors (Lipinski definition) is 1. The number of hydrogen-bond acceptors (Lipinski definition) is 3. The highest BCUT2D eigenvalue weighted by atomic mass is 32.2. The zero-order chi connectivity index (χ0) is 12.1. The highest BCUT2D eigenvalue weighted by Gasteiger charge is 2.14. The Morgan fingerprint density at radius 1 is 1.31 bits per heavy atom. The van der Waals surface area contributed by atoms with Crippen molar-refractivity contribution in [2.45, 2.75) is 43.4 Å². The molecule has 1 unspecified atom stereocenters. The van der Waals surface area contributed by atoms with Crippen LogP contribution in [0.25, 0.3) is 0 Å². The first-order valence-electron chi connectivity index (χ1n) is 5.52. The van der Waals surface area contributed by atoms with Gasteiger partial charge in [-0.3, -0.25) is 4.79 Å². The van der Waals surface area contributed by atoms with Crippen molar-refractivity contribution in [3.05, 3.63) is 29.8 Å². The topological polar surface area (TPSA) is 37.3 Å².